The average molecular weight is 546 g/mol. The van der Waals surface area contributed by atoms with E-state index in [9.17, 15) is 14.7 Å². The molecule has 0 fully saturated rings. The Labute approximate surface area is 241 Å². The van der Waals surface area contributed by atoms with Gasteiger partial charge >= 0.3 is 5.97 Å². The van der Waals surface area contributed by atoms with Crippen LogP contribution in [-0.2, 0) is 29.6 Å². The highest BCUT2D eigenvalue weighted by Crippen LogP contribution is 2.54. The van der Waals surface area contributed by atoms with Crippen molar-refractivity contribution in [3.63, 3.8) is 0 Å². The van der Waals surface area contributed by atoms with Gasteiger partial charge in [0.15, 0.2) is 0 Å². The van der Waals surface area contributed by atoms with E-state index in [1.54, 1.807) is 12.1 Å². The molecule has 4 aromatic rings. The van der Waals surface area contributed by atoms with Crippen molar-refractivity contribution >= 4 is 23.6 Å². The molecule has 0 bridgehead atoms. The van der Waals surface area contributed by atoms with Crippen molar-refractivity contribution in [3.05, 3.63) is 124 Å². The maximum absolute atomic E-state index is 14.3. The zero-order valence-electron chi connectivity index (χ0n) is 23.6. The van der Waals surface area contributed by atoms with Crippen molar-refractivity contribution in [2.45, 2.75) is 57.4 Å². The maximum Gasteiger partial charge on any atom is 0.335 e. The first-order valence-corrected chi connectivity index (χ1v) is 14.5. The second kappa shape index (κ2) is 10.8. The molecule has 0 saturated carbocycles. The molecule has 0 saturated heterocycles. The predicted molar refractivity (Wildman–Crippen MR) is 161 cm³/mol. The van der Waals surface area contributed by atoms with Crippen LogP contribution < -0.4 is 4.90 Å². The highest BCUT2D eigenvalue weighted by molar-refractivity contribution is 6.07. The van der Waals surface area contributed by atoms with Crippen molar-refractivity contribution in [2.75, 3.05) is 11.4 Å². The molecule has 1 amide bonds. The van der Waals surface area contributed by atoms with Crippen LogP contribution in [-0.4, -0.2) is 33.1 Å². The molecule has 0 spiro atoms. The molecule has 2 aliphatic rings. The number of carbonyl (C=O) groups excluding carboxylic acids is 1. The summed E-state index contributed by atoms with van der Waals surface area (Å²) in [6.45, 7) is 5.54. The number of anilines is 1. The number of carboxylic acid groups (broad SMARTS) is 1. The Kier molecular flexibility index (Phi) is 7.08. The van der Waals surface area contributed by atoms with Gasteiger partial charge in [0.2, 0.25) is 5.91 Å². The minimum Gasteiger partial charge on any atom is -0.478 e. The summed E-state index contributed by atoms with van der Waals surface area (Å²) in [7, 11) is 0. The number of carbonyl (C=O) groups is 2. The number of allylic oxidation sites excluding steroid dienone is 1. The van der Waals surface area contributed by atoms with Gasteiger partial charge in [0.25, 0.3) is 0 Å². The van der Waals surface area contributed by atoms with E-state index in [4.69, 9.17) is 4.98 Å². The van der Waals surface area contributed by atoms with Gasteiger partial charge < -0.3 is 14.6 Å². The number of aromatic nitrogens is 2. The van der Waals surface area contributed by atoms with E-state index >= 15 is 0 Å². The number of rotatable bonds is 10. The van der Waals surface area contributed by atoms with Gasteiger partial charge in [-0.3, -0.25) is 4.79 Å². The quantitative estimate of drug-likeness (QED) is 0.243. The van der Waals surface area contributed by atoms with Crippen molar-refractivity contribution in [2.24, 2.45) is 0 Å². The number of para-hydroxylation sites is 1. The van der Waals surface area contributed by atoms with Gasteiger partial charge in [-0.2, -0.15) is 0 Å². The van der Waals surface area contributed by atoms with Crippen LogP contribution in [0.15, 0.2) is 85.1 Å². The summed E-state index contributed by atoms with van der Waals surface area (Å²) in [5.41, 5.74) is 6.20. The third-order valence-corrected chi connectivity index (χ3v) is 8.55. The number of fused-ring (bicyclic) bond motifs is 2. The van der Waals surface area contributed by atoms with Gasteiger partial charge in [-0.25, -0.2) is 9.78 Å². The van der Waals surface area contributed by atoms with Gasteiger partial charge in [0.1, 0.15) is 5.82 Å². The monoisotopic (exact) mass is 545 g/mol. The van der Waals surface area contributed by atoms with E-state index in [1.165, 1.54) is 5.56 Å². The summed E-state index contributed by atoms with van der Waals surface area (Å²) in [5, 5.41) is 9.35. The van der Waals surface area contributed by atoms with E-state index < -0.39 is 11.4 Å². The van der Waals surface area contributed by atoms with E-state index in [2.05, 4.69) is 67.0 Å². The summed E-state index contributed by atoms with van der Waals surface area (Å²) >= 11 is 0. The largest absolute Gasteiger partial charge is 0.478 e. The summed E-state index contributed by atoms with van der Waals surface area (Å²) < 4.78 is 2.27. The second-order valence-corrected chi connectivity index (χ2v) is 11.1. The molecule has 1 aliphatic heterocycles. The maximum atomic E-state index is 14.3. The Morgan fingerprint density at radius 2 is 1.73 bits per heavy atom. The lowest BCUT2D eigenvalue weighted by atomic mass is 9.66. The molecule has 2 heterocycles. The molecule has 208 valence electrons. The van der Waals surface area contributed by atoms with Crippen LogP contribution in [0.25, 0.3) is 6.08 Å². The van der Waals surface area contributed by atoms with Crippen LogP contribution in [0.3, 0.4) is 0 Å². The van der Waals surface area contributed by atoms with Crippen LogP contribution in [0.1, 0.15) is 76.7 Å². The first kappa shape index (κ1) is 26.8. The van der Waals surface area contributed by atoms with Crippen LogP contribution in [0, 0.1) is 0 Å². The van der Waals surface area contributed by atoms with E-state index in [0.29, 0.717) is 19.5 Å². The van der Waals surface area contributed by atoms with Crippen molar-refractivity contribution in [3.8, 4) is 0 Å². The molecule has 3 aromatic carbocycles. The molecule has 0 radical (unpaired) electrons. The number of benzene rings is 3. The molecular weight excluding hydrogens is 510 g/mol. The van der Waals surface area contributed by atoms with Gasteiger partial charge in [-0.1, -0.05) is 80.6 Å². The van der Waals surface area contributed by atoms with Gasteiger partial charge in [-0.05, 0) is 53.3 Å². The number of hydrogen-bond acceptors (Lipinski definition) is 3. The SMILES string of the molecule is CCCc1ncc(CC2(C3C(=O)N(CCC)c4ccccc43)C=Cc3ccccc32)n1Cc1ccc(C(=O)O)cc1. The highest BCUT2D eigenvalue weighted by atomic mass is 16.4. The summed E-state index contributed by atoms with van der Waals surface area (Å²) in [5.74, 6) is -0.128. The normalized spacial score (nSPS) is 19.0. The van der Waals surface area contributed by atoms with Crippen molar-refractivity contribution < 1.29 is 14.7 Å². The molecule has 6 heteroatoms. The average Bonchev–Trinajstić information content (AvgIpc) is 3.62. The van der Waals surface area contributed by atoms with Gasteiger partial charge in [0, 0.05) is 48.9 Å². The molecule has 1 N–H and O–H groups in total. The van der Waals surface area contributed by atoms with Crippen molar-refractivity contribution in [1.29, 1.82) is 0 Å². The lowest BCUT2D eigenvalue weighted by Crippen LogP contribution is -2.41. The summed E-state index contributed by atoms with van der Waals surface area (Å²) in [6, 6.07) is 23.7. The Morgan fingerprint density at radius 3 is 2.49 bits per heavy atom. The fraction of sp³-hybridized carbons (Fsp3) is 0.286. The second-order valence-electron chi connectivity index (χ2n) is 11.1. The molecule has 2 atom stereocenters. The van der Waals surface area contributed by atoms with Crippen LogP contribution in [0.2, 0.25) is 0 Å². The fourth-order valence-electron chi connectivity index (χ4n) is 6.69. The van der Waals surface area contributed by atoms with E-state index in [0.717, 1.165) is 53.2 Å². The number of aryl methyl sites for hydroxylation is 1. The standard InChI is InChI=1S/C35H35N3O3/c1-3-9-31-36-22-27(38(31)23-24-14-16-26(17-15-24)34(40)41)21-35(19-18-25-10-5-7-12-29(25)35)32-28-11-6-8-13-30(28)37(20-4-2)33(32)39/h5-8,10-19,22,32H,3-4,9,20-21,23H2,1-2H3,(H,40,41). The lowest BCUT2D eigenvalue weighted by Gasteiger charge is -2.35. The molecule has 2 unspecified atom stereocenters. The number of imidazole rings is 1. The first-order chi connectivity index (χ1) is 20.0. The molecule has 6 rings (SSSR count). The number of hydrogen-bond donors (Lipinski definition) is 1. The Hall–Kier alpha value is -4.45. The minimum absolute atomic E-state index is 0.151. The zero-order valence-corrected chi connectivity index (χ0v) is 23.6. The predicted octanol–water partition coefficient (Wildman–Crippen LogP) is 6.63. The lowest BCUT2D eigenvalue weighted by molar-refractivity contribution is -0.120. The van der Waals surface area contributed by atoms with Crippen molar-refractivity contribution in [1.82, 2.24) is 9.55 Å². The number of nitrogens with zero attached hydrogens (tertiary/aromatic N) is 3. The van der Waals surface area contributed by atoms with Crippen LogP contribution >= 0.6 is 0 Å². The van der Waals surface area contributed by atoms with E-state index in [-0.39, 0.29) is 17.4 Å². The molecule has 41 heavy (non-hydrogen) atoms. The number of amides is 1. The fourth-order valence-corrected chi connectivity index (χ4v) is 6.69. The molecule has 1 aliphatic carbocycles. The zero-order chi connectivity index (χ0) is 28.6. The molecule has 6 nitrogen and oxygen atoms in total. The number of carboxylic acids is 1. The van der Waals surface area contributed by atoms with Crippen LogP contribution in [0.5, 0.6) is 0 Å². The van der Waals surface area contributed by atoms with Gasteiger partial charge in [-0.15, -0.1) is 0 Å². The summed E-state index contributed by atoms with van der Waals surface area (Å²) in [6.07, 6.45) is 9.71. The molecule has 1 aromatic heterocycles. The minimum atomic E-state index is -0.932. The van der Waals surface area contributed by atoms with E-state index in [1.807, 2.05) is 35.4 Å². The Balaban J connectivity index is 1.47. The van der Waals surface area contributed by atoms with Gasteiger partial charge in [0.05, 0.1) is 11.5 Å². The Morgan fingerprint density at radius 1 is 0.976 bits per heavy atom. The topological polar surface area (TPSA) is 75.4 Å². The smallest absolute Gasteiger partial charge is 0.335 e. The number of aromatic carboxylic acids is 1. The molecular formula is C35H35N3O3. The first-order valence-electron chi connectivity index (χ1n) is 14.5. The third-order valence-electron chi connectivity index (χ3n) is 8.55. The highest BCUT2D eigenvalue weighted by Gasteiger charge is 2.52. The third kappa shape index (κ3) is 4.57. The summed E-state index contributed by atoms with van der Waals surface area (Å²) in [4.78, 5) is 32.6. The van der Waals surface area contributed by atoms with Crippen LogP contribution in [0.4, 0.5) is 5.69 Å². The Bertz CT molecular complexity index is 1630.